The van der Waals surface area contributed by atoms with Gasteiger partial charge in [-0.05, 0) is 91.1 Å². The molecule has 1 aliphatic heterocycles. The average molecular weight is 441 g/mol. The third kappa shape index (κ3) is 2.87. The van der Waals surface area contributed by atoms with Gasteiger partial charge in [0.15, 0.2) is 0 Å². The SMILES string of the molecule is CC1CC2N(C)C(=O)CC[C@]2(C)[C@@H]2CC[C@]3(C)C(c4cc(O)ccc4[N+](=O)[O-])CC[C@H]3[C@H]12. The molecule has 0 bridgehead atoms. The van der Waals surface area contributed by atoms with Crippen molar-refractivity contribution in [1.29, 1.82) is 0 Å². The fourth-order valence-corrected chi connectivity index (χ4v) is 8.96. The molecular weight excluding hydrogens is 404 g/mol. The van der Waals surface area contributed by atoms with Gasteiger partial charge in [-0.2, -0.15) is 0 Å². The van der Waals surface area contributed by atoms with Gasteiger partial charge in [-0.15, -0.1) is 0 Å². The number of phenolic OH excluding ortho intramolecular Hbond substituents is 1. The van der Waals surface area contributed by atoms with Crippen LogP contribution in [-0.4, -0.2) is 33.9 Å². The van der Waals surface area contributed by atoms with Crippen molar-refractivity contribution in [2.45, 2.75) is 77.7 Å². The van der Waals surface area contributed by atoms with E-state index in [1.165, 1.54) is 12.1 Å². The molecule has 0 radical (unpaired) electrons. The highest BCUT2D eigenvalue weighted by Gasteiger charge is 2.63. The number of phenols is 1. The van der Waals surface area contributed by atoms with Crippen LogP contribution < -0.4 is 0 Å². The Balaban J connectivity index is 1.51. The second kappa shape index (κ2) is 7.19. The van der Waals surface area contributed by atoms with Gasteiger partial charge in [0.05, 0.1) is 4.92 Å². The lowest BCUT2D eigenvalue weighted by Crippen LogP contribution is -2.63. The number of nitrogens with zero attached hydrogens (tertiary/aromatic N) is 2. The second-order valence-electron chi connectivity index (χ2n) is 11.7. The van der Waals surface area contributed by atoms with Gasteiger partial charge in [0.25, 0.3) is 5.69 Å². The molecule has 3 saturated carbocycles. The van der Waals surface area contributed by atoms with Gasteiger partial charge >= 0.3 is 0 Å². The number of fused-ring (bicyclic) bond motifs is 5. The summed E-state index contributed by atoms with van der Waals surface area (Å²) >= 11 is 0. The van der Waals surface area contributed by atoms with E-state index in [-0.39, 0.29) is 39.0 Å². The number of likely N-dealkylation sites (tertiary alicyclic amines) is 1. The van der Waals surface area contributed by atoms with E-state index in [9.17, 15) is 20.0 Å². The molecule has 1 saturated heterocycles. The minimum atomic E-state index is -0.291. The van der Waals surface area contributed by atoms with E-state index in [1.54, 1.807) is 6.07 Å². The Bertz CT molecular complexity index is 963. The van der Waals surface area contributed by atoms with Crippen LogP contribution in [0.2, 0.25) is 0 Å². The van der Waals surface area contributed by atoms with Crippen molar-refractivity contribution in [3.8, 4) is 5.75 Å². The summed E-state index contributed by atoms with van der Waals surface area (Å²) < 4.78 is 0. The van der Waals surface area contributed by atoms with Crippen molar-refractivity contribution in [3.05, 3.63) is 33.9 Å². The first-order valence-electron chi connectivity index (χ1n) is 12.3. The highest BCUT2D eigenvalue weighted by atomic mass is 16.6. The molecule has 32 heavy (non-hydrogen) atoms. The highest BCUT2D eigenvalue weighted by Crippen LogP contribution is 2.69. The smallest absolute Gasteiger partial charge is 0.273 e. The Morgan fingerprint density at radius 2 is 1.84 bits per heavy atom. The van der Waals surface area contributed by atoms with Crippen molar-refractivity contribution < 1.29 is 14.8 Å². The summed E-state index contributed by atoms with van der Waals surface area (Å²) in [5, 5.41) is 21.9. The van der Waals surface area contributed by atoms with E-state index < -0.39 is 0 Å². The van der Waals surface area contributed by atoms with E-state index >= 15 is 0 Å². The fraction of sp³-hybridized carbons (Fsp3) is 0.731. The van der Waals surface area contributed by atoms with Gasteiger partial charge in [0.1, 0.15) is 5.75 Å². The number of carbonyl (C=O) groups excluding carboxylic acids is 1. The van der Waals surface area contributed by atoms with E-state index in [1.807, 2.05) is 11.9 Å². The maximum absolute atomic E-state index is 12.5. The third-order valence-electron chi connectivity index (χ3n) is 10.5. The van der Waals surface area contributed by atoms with Crippen molar-refractivity contribution in [2.75, 3.05) is 7.05 Å². The Labute approximate surface area is 190 Å². The summed E-state index contributed by atoms with van der Waals surface area (Å²) in [6.45, 7) is 7.16. The molecule has 1 heterocycles. The lowest BCUT2D eigenvalue weighted by atomic mass is 9.44. The molecule has 3 unspecified atom stereocenters. The van der Waals surface area contributed by atoms with Gasteiger partial charge in [-0.3, -0.25) is 14.9 Å². The summed E-state index contributed by atoms with van der Waals surface area (Å²) in [4.78, 5) is 26.0. The molecule has 8 atom stereocenters. The van der Waals surface area contributed by atoms with Gasteiger partial charge < -0.3 is 10.0 Å². The quantitative estimate of drug-likeness (QED) is 0.487. The monoisotopic (exact) mass is 440 g/mol. The predicted molar refractivity (Wildman–Crippen MR) is 122 cm³/mol. The van der Waals surface area contributed by atoms with Crippen LogP contribution in [-0.2, 0) is 4.79 Å². The number of hydrogen-bond acceptors (Lipinski definition) is 4. The molecular formula is C26H36N2O4. The highest BCUT2D eigenvalue weighted by molar-refractivity contribution is 5.77. The van der Waals surface area contributed by atoms with Gasteiger partial charge in [0, 0.05) is 31.1 Å². The van der Waals surface area contributed by atoms with Crippen molar-refractivity contribution in [3.63, 3.8) is 0 Å². The van der Waals surface area contributed by atoms with Crippen molar-refractivity contribution in [2.24, 2.45) is 34.5 Å². The summed E-state index contributed by atoms with van der Waals surface area (Å²) in [5.41, 5.74) is 1.03. The number of nitro benzene ring substituents is 1. The first kappa shape index (κ1) is 21.7. The summed E-state index contributed by atoms with van der Waals surface area (Å²) in [5.74, 6) is 2.77. The van der Waals surface area contributed by atoms with E-state index in [0.29, 0.717) is 41.7 Å². The zero-order valence-electron chi connectivity index (χ0n) is 19.7. The van der Waals surface area contributed by atoms with E-state index in [0.717, 1.165) is 38.5 Å². The molecule has 0 aromatic heterocycles. The largest absolute Gasteiger partial charge is 0.508 e. The molecule has 3 aliphatic carbocycles. The normalized spacial score (nSPS) is 43.4. The first-order valence-corrected chi connectivity index (χ1v) is 12.3. The number of amides is 1. The van der Waals surface area contributed by atoms with Crippen molar-refractivity contribution in [1.82, 2.24) is 4.90 Å². The number of nitro groups is 1. The van der Waals surface area contributed by atoms with Crippen molar-refractivity contribution >= 4 is 11.6 Å². The zero-order valence-corrected chi connectivity index (χ0v) is 19.7. The molecule has 6 nitrogen and oxygen atoms in total. The lowest BCUT2D eigenvalue weighted by Gasteiger charge is -2.63. The first-order chi connectivity index (χ1) is 15.1. The Kier molecular flexibility index (Phi) is 4.88. The summed E-state index contributed by atoms with van der Waals surface area (Å²) in [7, 11) is 2.00. The minimum Gasteiger partial charge on any atom is -0.508 e. The maximum atomic E-state index is 12.5. The Hall–Kier alpha value is -2.11. The van der Waals surface area contributed by atoms with Crippen LogP contribution in [0.5, 0.6) is 5.75 Å². The zero-order chi connectivity index (χ0) is 23.0. The Morgan fingerprint density at radius 3 is 2.56 bits per heavy atom. The van der Waals surface area contributed by atoms with Gasteiger partial charge in [0.2, 0.25) is 5.91 Å². The van der Waals surface area contributed by atoms with Crippen LogP contribution >= 0.6 is 0 Å². The predicted octanol–water partition coefficient (Wildman–Crippen LogP) is 5.49. The third-order valence-corrected chi connectivity index (χ3v) is 10.5. The summed E-state index contributed by atoms with van der Waals surface area (Å²) in [6, 6.07) is 4.87. The maximum Gasteiger partial charge on any atom is 0.273 e. The number of hydrogen-bond donors (Lipinski definition) is 1. The molecule has 6 heteroatoms. The van der Waals surface area contributed by atoms with Crippen LogP contribution in [0.1, 0.15) is 77.2 Å². The second-order valence-corrected chi connectivity index (χ2v) is 11.7. The number of carbonyl (C=O) groups is 1. The van der Waals surface area contributed by atoms with Crippen LogP contribution in [0.25, 0.3) is 0 Å². The standard InChI is InChI=1S/C26H36N2O4/c1-15-13-22-26(3,12-10-23(30)27(22)4)20-9-11-25(2)18(6-7-19(25)24(15)20)17-14-16(29)5-8-21(17)28(31)32/h5,8,14-15,18-20,22,24,29H,6-7,9-13H2,1-4H3/t15?,18?,19-,20+,22?,24-,25+,26+/m0/s1. The molecule has 1 aromatic rings. The van der Waals surface area contributed by atoms with Crippen LogP contribution in [0.15, 0.2) is 18.2 Å². The van der Waals surface area contributed by atoms with Crippen LogP contribution in [0.3, 0.4) is 0 Å². The topological polar surface area (TPSA) is 83.7 Å². The molecule has 5 rings (SSSR count). The average Bonchev–Trinajstić information content (AvgIpc) is 3.09. The molecule has 1 amide bonds. The van der Waals surface area contributed by atoms with E-state index in [2.05, 4.69) is 20.8 Å². The molecule has 1 N–H and O–H groups in total. The van der Waals surface area contributed by atoms with E-state index in [4.69, 9.17) is 0 Å². The number of aromatic hydroxyl groups is 1. The Morgan fingerprint density at radius 1 is 1.12 bits per heavy atom. The summed E-state index contributed by atoms with van der Waals surface area (Å²) in [6.07, 6.45) is 6.92. The van der Waals surface area contributed by atoms with Crippen LogP contribution in [0, 0.1) is 44.6 Å². The minimum absolute atomic E-state index is 0.00750. The molecule has 1 aromatic carbocycles. The molecule has 174 valence electrons. The number of piperidine rings is 1. The molecule has 4 fully saturated rings. The molecule has 4 aliphatic rings. The van der Waals surface area contributed by atoms with Crippen LogP contribution in [0.4, 0.5) is 5.69 Å². The van der Waals surface area contributed by atoms with Gasteiger partial charge in [-0.25, -0.2) is 0 Å². The lowest BCUT2D eigenvalue weighted by molar-refractivity contribution is -0.386. The van der Waals surface area contributed by atoms with Gasteiger partial charge in [-0.1, -0.05) is 20.8 Å². The molecule has 0 spiro atoms. The number of benzene rings is 1. The fourth-order valence-electron chi connectivity index (χ4n) is 8.96. The number of rotatable bonds is 2.